The van der Waals surface area contributed by atoms with E-state index in [9.17, 15) is 14.9 Å². The quantitative estimate of drug-likeness (QED) is 0.363. The zero-order valence-electron chi connectivity index (χ0n) is 17.5. The first-order valence-corrected chi connectivity index (χ1v) is 10.2. The maximum atomic E-state index is 13.2. The van der Waals surface area contributed by atoms with Crippen molar-refractivity contribution in [2.24, 2.45) is 0 Å². The van der Waals surface area contributed by atoms with Crippen LogP contribution in [-0.4, -0.2) is 26.8 Å². The standard InChI is InChI=1S/C24H27N3O3/c1-3-4-13-26(24(28)21-10-6-11-22(16-21)27(29)30)18-23-12-7-14-25(23)17-20-9-5-8-19(2)15-20/h5-12,14-16H,3-4,13,17-18H2,1-2H3. The fourth-order valence-corrected chi connectivity index (χ4v) is 3.49. The van der Waals surface area contributed by atoms with Gasteiger partial charge in [0.15, 0.2) is 0 Å². The van der Waals surface area contributed by atoms with Crippen LogP contribution in [0.1, 0.15) is 46.9 Å². The molecule has 0 spiro atoms. The number of nitro benzene ring substituents is 1. The van der Waals surface area contributed by atoms with Gasteiger partial charge in [-0.1, -0.05) is 49.2 Å². The Morgan fingerprint density at radius 2 is 1.90 bits per heavy atom. The first kappa shape index (κ1) is 21.3. The van der Waals surface area contributed by atoms with Crippen molar-refractivity contribution in [3.63, 3.8) is 0 Å². The Kier molecular flexibility index (Phi) is 7.01. The highest BCUT2D eigenvalue weighted by atomic mass is 16.6. The third-order valence-electron chi connectivity index (χ3n) is 5.08. The molecule has 0 aliphatic heterocycles. The number of carbonyl (C=O) groups is 1. The number of aromatic nitrogens is 1. The lowest BCUT2D eigenvalue weighted by Crippen LogP contribution is -2.32. The zero-order chi connectivity index (χ0) is 21.5. The van der Waals surface area contributed by atoms with Gasteiger partial charge in [0.2, 0.25) is 0 Å². The van der Waals surface area contributed by atoms with Gasteiger partial charge in [0, 0.05) is 42.7 Å². The summed E-state index contributed by atoms with van der Waals surface area (Å²) in [6, 6.07) is 18.3. The molecular formula is C24H27N3O3. The van der Waals surface area contributed by atoms with Crippen LogP contribution in [-0.2, 0) is 13.1 Å². The van der Waals surface area contributed by atoms with Crippen LogP contribution in [0.4, 0.5) is 5.69 Å². The molecule has 1 aromatic heterocycles. The molecule has 1 heterocycles. The van der Waals surface area contributed by atoms with Gasteiger partial charge in [0.25, 0.3) is 11.6 Å². The van der Waals surface area contributed by atoms with Gasteiger partial charge in [-0.25, -0.2) is 0 Å². The first-order valence-electron chi connectivity index (χ1n) is 10.2. The molecule has 0 aliphatic rings. The summed E-state index contributed by atoms with van der Waals surface area (Å²) in [6.07, 6.45) is 3.86. The van der Waals surface area contributed by atoms with Gasteiger partial charge in [-0.2, -0.15) is 0 Å². The second-order valence-electron chi connectivity index (χ2n) is 7.50. The van der Waals surface area contributed by atoms with Crippen LogP contribution in [0.15, 0.2) is 66.9 Å². The highest BCUT2D eigenvalue weighted by molar-refractivity contribution is 5.94. The van der Waals surface area contributed by atoms with Crippen molar-refractivity contribution in [1.29, 1.82) is 0 Å². The number of nitrogens with zero attached hydrogens (tertiary/aromatic N) is 3. The number of hydrogen-bond donors (Lipinski definition) is 0. The average Bonchev–Trinajstić information content (AvgIpc) is 3.17. The molecule has 0 unspecified atom stereocenters. The van der Waals surface area contributed by atoms with Gasteiger partial charge in [0.05, 0.1) is 11.5 Å². The molecule has 0 saturated heterocycles. The molecule has 0 N–H and O–H groups in total. The number of aryl methyl sites for hydroxylation is 1. The summed E-state index contributed by atoms with van der Waals surface area (Å²) in [5.41, 5.74) is 3.73. The second kappa shape index (κ2) is 9.87. The normalized spacial score (nSPS) is 10.7. The Balaban J connectivity index is 1.82. The van der Waals surface area contributed by atoms with E-state index in [-0.39, 0.29) is 11.6 Å². The van der Waals surface area contributed by atoms with Crippen LogP contribution < -0.4 is 0 Å². The molecule has 6 nitrogen and oxygen atoms in total. The van der Waals surface area contributed by atoms with Crippen LogP contribution in [0.25, 0.3) is 0 Å². The largest absolute Gasteiger partial charge is 0.345 e. The van der Waals surface area contributed by atoms with Crippen molar-refractivity contribution in [1.82, 2.24) is 9.47 Å². The summed E-state index contributed by atoms with van der Waals surface area (Å²) in [5, 5.41) is 11.1. The molecule has 0 radical (unpaired) electrons. The summed E-state index contributed by atoms with van der Waals surface area (Å²) in [4.78, 5) is 25.6. The lowest BCUT2D eigenvalue weighted by molar-refractivity contribution is -0.384. The molecule has 3 aromatic rings. The molecule has 0 saturated carbocycles. The molecule has 0 fully saturated rings. The van der Waals surface area contributed by atoms with Crippen LogP contribution in [0, 0.1) is 17.0 Å². The van der Waals surface area contributed by atoms with Gasteiger partial charge in [-0.05, 0) is 37.1 Å². The lowest BCUT2D eigenvalue weighted by atomic mass is 10.1. The number of non-ortho nitro benzene ring substituents is 1. The van der Waals surface area contributed by atoms with E-state index in [1.54, 1.807) is 17.0 Å². The average molecular weight is 405 g/mol. The summed E-state index contributed by atoms with van der Waals surface area (Å²) < 4.78 is 2.15. The van der Waals surface area contributed by atoms with Gasteiger partial charge in [-0.3, -0.25) is 14.9 Å². The minimum absolute atomic E-state index is 0.0703. The van der Waals surface area contributed by atoms with Crippen LogP contribution >= 0.6 is 0 Å². The molecule has 6 heteroatoms. The molecule has 0 bridgehead atoms. The Bertz CT molecular complexity index is 1030. The highest BCUT2D eigenvalue weighted by Crippen LogP contribution is 2.18. The highest BCUT2D eigenvalue weighted by Gasteiger charge is 2.19. The second-order valence-corrected chi connectivity index (χ2v) is 7.50. The third kappa shape index (κ3) is 5.35. The number of hydrogen-bond acceptors (Lipinski definition) is 3. The lowest BCUT2D eigenvalue weighted by Gasteiger charge is -2.24. The molecular weight excluding hydrogens is 378 g/mol. The van der Waals surface area contributed by atoms with Crippen LogP contribution in [0.5, 0.6) is 0 Å². The smallest absolute Gasteiger partial charge is 0.270 e. The SMILES string of the molecule is CCCCN(Cc1cccn1Cc1cccc(C)c1)C(=O)c1cccc([N+](=O)[O-])c1. The van der Waals surface area contributed by atoms with Crippen molar-refractivity contribution in [2.45, 2.75) is 39.8 Å². The Morgan fingerprint density at radius 3 is 2.63 bits per heavy atom. The molecule has 1 amide bonds. The van der Waals surface area contributed by atoms with Crippen molar-refractivity contribution < 1.29 is 9.72 Å². The molecule has 0 atom stereocenters. The summed E-state index contributed by atoms with van der Waals surface area (Å²) >= 11 is 0. The maximum absolute atomic E-state index is 13.2. The molecule has 3 rings (SSSR count). The van der Waals surface area contributed by atoms with Crippen molar-refractivity contribution in [2.75, 3.05) is 6.54 Å². The van der Waals surface area contributed by atoms with Gasteiger partial charge >= 0.3 is 0 Å². The van der Waals surface area contributed by atoms with Crippen LogP contribution in [0.3, 0.4) is 0 Å². The first-order chi connectivity index (χ1) is 14.5. The van der Waals surface area contributed by atoms with E-state index in [1.165, 1.54) is 23.3 Å². The van der Waals surface area contributed by atoms with Crippen molar-refractivity contribution in [3.8, 4) is 0 Å². The number of unbranched alkanes of at least 4 members (excludes halogenated alkanes) is 1. The molecule has 30 heavy (non-hydrogen) atoms. The van der Waals surface area contributed by atoms with Crippen molar-refractivity contribution in [3.05, 3.63) is 99.4 Å². The molecule has 156 valence electrons. The van der Waals surface area contributed by atoms with E-state index >= 15 is 0 Å². The minimum Gasteiger partial charge on any atom is -0.345 e. The number of carbonyl (C=O) groups excluding carboxylic acids is 1. The molecule has 0 aliphatic carbocycles. The predicted molar refractivity (Wildman–Crippen MR) is 117 cm³/mol. The van der Waals surface area contributed by atoms with E-state index in [0.717, 1.165) is 25.1 Å². The topological polar surface area (TPSA) is 68.4 Å². The monoisotopic (exact) mass is 405 g/mol. The van der Waals surface area contributed by atoms with E-state index in [2.05, 4.69) is 36.6 Å². The zero-order valence-corrected chi connectivity index (χ0v) is 17.5. The fourth-order valence-electron chi connectivity index (χ4n) is 3.49. The summed E-state index contributed by atoms with van der Waals surface area (Å²) in [5.74, 6) is -0.185. The van der Waals surface area contributed by atoms with E-state index in [4.69, 9.17) is 0 Å². The van der Waals surface area contributed by atoms with Gasteiger partial charge in [0.1, 0.15) is 0 Å². The Labute approximate surface area is 176 Å². The maximum Gasteiger partial charge on any atom is 0.270 e. The number of nitro groups is 1. The van der Waals surface area contributed by atoms with E-state index in [1.807, 2.05) is 24.4 Å². The van der Waals surface area contributed by atoms with Crippen molar-refractivity contribution >= 4 is 11.6 Å². The predicted octanol–water partition coefficient (Wildman–Crippen LogP) is 5.20. The third-order valence-corrected chi connectivity index (χ3v) is 5.08. The Hall–Kier alpha value is -3.41. The van der Waals surface area contributed by atoms with Gasteiger partial charge in [-0.15, -0.1) is 0 Å². The minimum atomic E-state index is -0.472. The van der Waals surface area contributed by atoms with Gasteiger partial charge < -0.3 is 9.47 Å². The number of rotatable bonds is 9. The fraction of sp³-hybridized carbons (Fsp3) is 0.292. The number of amides is 1. The summed E-state index contributed by atoms with van der Waals surface area (Å²) in [7, 11) is 0. The van der Waals surface area contributed by atoms with E-state index in [0.29, 0.717) is 18.7 Å². The number of benzene rings is 2. The Morgan fingerprint density at radius 1 is 1.10 bits per heavy atom. The molecule has 2 aromatic carbocycles. The summed E-state index contributed by atoms with van der Waals surface area (Å²) in [6.45, 7) is 5.95. The van der Waals surface area contributed by atoms with E-state index < -0.39 is 4.92 Å². The van der Waals surface area contributed by atoms with Crippen LogP contribution in [0.2, 0.25) is 0 Å².